The van der Waals surface area contributed by atoms with Crippen molar-refractivity contribution in [2.24, 2.45) is 0 Å². The van der Waals surface area contributed by atoms with Crippen LogP contribution in [-0.2, 0) is 6.18 Å². The average Bonchev–Trinajstić information content (AvgIpc) is 2.71. The molecular weight excluding hydrogens is 307 g/mol. The van der Waals surface area contributed by atoms with Crippen molar-refractivity contribution < 1.29 is 23.0 Å². The molecule has 0 spiro atoms. The van der Waals surface area contributed by atoms with Gasteiger partial charge in [0.1, 0.15) is 12.4 Å². The Kier molecular flexibility index (Phi) is 4.31. The number of fused-ring (bicyclic) bond motifs is 2. The van der Waals surface area contributed by atoms with Crippen LogP contribution >= 0.6 is 0 Å². The quantitative estimate of drug-likeness (QED) is 0.918. The number of hydrogen-bond donors (Lipinski definition) is 1. The van der Waals surface area contributed by atoms with Crippen LogP contribution in [0.2, 0.25) is 0 Å². The van der Waals surface area contributed by atoms with Crippen LogP contribution in [0.25, 0.3) is 0 Å². The first-order valence-electron chi connectivity index (χ1n) is 8.03. The molecule has 3 nitrogen and oxygen atoms in total. The molecule has 0 aromatic heterocycles. The van der Waals surface area contributed by atoms with Crippen molar-refractivity contribution in [3.8, 4) is 5.75 Å². The minimum absolute atomic E-state index is 0.114. The van der Waals surface area contributed by atoms with Crippen molar-refractivity contribution in [1.82, 2.24) is 4.90 Å². The van der Waals surface area contributed by atoms with Gasteiger partial charge in [-0.05, 0) is 44.7 Å². The van der Waals surface area contributed by atoms with Gasteiger partial charge in [-0.25, -0.2) is 0 Å². The van der Waals surface area contributed by atoms with Crippen molar-refractivity contribution in [2.45, 2.75) is 56.5 Å². The lowest BCUT2D eigenvalue weighted by atomic mass is 9.88. The van der Waals surface area contributed by atoms with Gasteiger partial charge in [-0.1, -0.05) is 12.1 Å². The highest BCUT2D eigenvalue weighted by molar-refractivity contribution is 5.35. The number of alkyl halides is 3. The Balaban J connectivity index is 1.59. The van der Waals surface area contributed by atoms with Crippen LogP contribution in [0.5, 0.6) is 5.75 Å². The molecule has 2 heterocycles. The van der Waals surface area contributed by atoms with Crippen LogP contribution < -0.4 is 4.74 Å². The molecule has 2 unspecified atom stereocenters. The highest BCUT2D eigenvalue weighted by atomic mass is 19.4. The maximum atomic E-state index is 12.9. The van der Waals surface area contributed by atoms with Crippen LogP contribution in [0, 0.1) is 0 Å². The number of benzene rings is 1. The Morgan fingerprint density at radius 1 is 1.22 bits per heavy atom. The largest absolute Gasteiger partial charge is 0.492 e. The zero-order chi connectivity index (χ0) is 16.7. The number of rotatable bonds is 4. The number of ether oxygens (including phenoxy) is 1. The third-order valence-corrected chi connectivity index (χ3v) is 4.92. The van der Waals surface area contributed by atoms with E-state index >= 15 is 0 Å². The Labute approximate surface area is 134 Å². The topological polar surface area (TPSA) is 32.7 Å². The van der Waals surface area contributed by atoms with Crippen molar-refractivity contribution >= 4 is 0 Å². The zero-order valence-electron chi connectivity index (χ0n) is 13.1. The standard InChI is InChI=1S/C17H22F3NO2/c1-16(22)10-12-6-7-13(11-16)21(12)8-9-23-15-5-3-2-4-14(15)17(18,19)20/h2-5,12-13,22H,6-11H2,1H3. The minimum atomic E-state index is -4.40. The first kappa shape index (κ1) is 16.6. The third-order valence-electron chi connectivity index (χ3n) is 4.92. The number of para-hydroxylation sites is 1. The van der Waals surface area contributed by atoms with Crippen molar-refractivity contribution in [2.75, 3.05) is 13.2 Å². The molecule has 2 aliphatic rings. The molecule has 23 heavy (non-hydrogen) atoms. The van der Waals surface area contributed by atoms with Gasteiger partial charge in [0.2, 0.25) is 0 Å². The van der Waals surface area contributed by atoms with Crippen molar-refractivity contribution in [1.29, 1.82) is 0 Å². The number of piperidine rings is 1. The summed E-state index contributed by atoms with van der Waals surface area (Å²) < 4.78 is 44.2. The first-order chi connectivity index (χ1) is 10.8. The summed E-state index contributed by atoms with van der Waals surface area (Å²) in [6, 6.07) is 5.93. The number of hydrogen-bond acceptors (Lipinski definition) is 3. The van der Waals surface area contributed by atoms with Gasteiger partial charge in [-0.3, -0.25) is 4.90 Å². The minimum Gasteiger partial charge on any atom is -0.492 e. The molecule has 0 aliphatic carbocycles. The van der Waals surface area contributed by atoms with Gasteiger partial charge < -0.3 is 9.84 Å². The van der Waals surface area contributed by atoms with E-state index < -0.39 is 17.3 Å². The Morgan fingerprint density at radius 3 is 2.43 bits per heavy atom. The molecule has 2 atom stereocenters. The molecular formula is C17H22F3NO2. The summed E-state index contributed by atoms with van der Waals surface area (Å²) in [5.74, 6) is -0.114. The summed E-state index contributed by atoms with van der Waals surface area (Å²) >= 11 is 0. The molecule has 0 amide bonds. The SMILES string of the molecule is CC1(O)CC2CCC(C1)N2CCOc1ccccc1C(F)(F)F. The predicted octanol–water partition coefficient (Wildman–Crippen LogP) is 3.46. The van der Waals surface area contributed by atoms with Crippen molar-refractivity contribution in [3.63, 3.8) is 0 Å². The molecule has 2 bridgehead atoms. The Hall–Kier alpha value is -1.27. The number of halogens is 3. The van der Waals surface area contributed by atoms with Gasteiger partial charge >= 0.3 is 6.18 Å². The van der Waals surface area contributed by atoms with Crippen molar-refractivity contribution in [3.05, 3.63) is 29.8 Å². The molecule has 2 fully saturated rings. The average molecular weight is 329 g/mol. The van der Waals surface area contributed by atoms with Crippen LogP contribution in [0.3, 0.4) is 0 Å². The highest BCUT2D eigenvalue weighted by Gasteiger charge is 2.45. The van der Waals surface area contributed by atoms with Gasteiger partial charge in [0.25, 0.3) is 0 Å². The fourth-order valence-electron chi connectivity index (χ4n) is 4.00. The van der Waals surface area contributed by atoms with E-state index in [1.807, 2.05) is 6.92 Å². The summed E-state index contributed by atoms with van der Waals surface area (Å²) in [5, 5.41) is 10.2. The van der Waals surface area contributed by atoms with E-state index in [0.29, 0.717) is 18.6 Å². The van der Waals surface area contributed by atoms with E-state index in [0.717, 1.165) is 31.7 Å². The smallest absolute Gasteiger partial charge is 0.419 e. The summed E-state index contributed by atoms with van der Waals surface area (Å²) in [5.41, 5.74) is -1.35. The fourth-order valence-corrected chi connectivity index (χ4v) is 4.00. The fraction of sp³-hybridized carbons (Fsp3) is 0.647. The van der Waals surface area contributed by atoms with Crippen LogP contribution in [0.4, 0.5) is 13.2 Å². The van der Waals surface area contributed by atoms with Gasteiger partial charge in [-0.15, -0.1) is 0 Å². The van der Waals surface area contributed by atoms with E-state index in [4.69, 9.17) is 4.74 Å². The van der Waals surface area contributed by atoms with Gasteiger partial charge in [0.05, 0.1) is 11.2 Å². The zero-order valence-corrected chi connectivity index (χ0v) is 13.1. The maximum absolute atomic E-state index is 12.9. The van der Waals surface area contributed by atoms with E-state index in [1.165, 1.54) is 12.1 Å². The molecule has 0 saturated carbocycles. The lowest BCUT2D eigenvalue weighted by molar-refractivity contribution is -0.139. The van der Waals surface area contributed by atoms with E-state index in [-0.39, 0.29) is 12.4 Å². The maximum Gasteiger partial charge on any atom is 0.419 e. The normalized spacial score (nSPS) is 31.3. The van der Waals surface area contributed by atoms with Crippen LogP contribution in [0.15, 0.2) is 24.3 Å². The molecule has 1 aromatic carbocycles. The number of nitrogens with zero attached hydrogens (tertiary/aromatic N) is 1. The second-order valence-corrected chi connectivity index (χ2v) is 6.87. The summed E-state index contributed by atoms with van der Waals surface area (Å²) in [6.07, 6.45) is -0.870. The van der Waals surface area contributed by atoms with E-state index in [9.17, 15) is 18.3 Å². The van der Waals surface area contributed by atoms with Gasteiger partial charge in [-0.2, -0.15) is 13.2 Å². The Morgan fingerprint density at radius 2 is 1.83 bits per heavy atom. The lowest BCUT2D eigenvalue weighted by Gasteiger charge is -2.42. The predicted molar refractivity (Wildman–Crippen MR) is 80.3 cm³/mol. The van der Waals surface area contributed by atoms with Gasteiger partial charge in [0.15, 0.2) is 0 Å². The summed E-state index contributed by atoms with van der Waals surface area (Å²) in [7, 11) is 0. The van der Waals surface area contributed by atoms with Crippen LogP contribution in [-0.4, -0.2) is 40.8 Å². The molecule has 0 radical (unpaired) electrons. The van der Waals surface area contributed by atoms with Crippen LogP contribution in [0.1, 0.15) is 38.2 Å². The van der Waals surface area contributed by atoms with Gasteiger partial charge in [0, 0.05) is 18.6 Å². The molecule has 1 aromatic rings. The third kappa shape index (κ3) is 3.63. The molecule has 6 heteroatoms. The number of aliphatic hydroxyl groups is 1. The Bertz CT molecular complexity index is 543. The lowest BCUT2D eigenvalue weighted by Crippen LogP contribution is -2.50. The summed E-state index contributed by atoms with van der Waals surface area (Å²) in [4.78, 5) is 2.29. The first-order valence-corrected chi connectivity index (χ1v) is 8.03. The molecule has 1 N–H and O–H groups in total. The highest BCUT2D eigenvalue weighted by Crippen LogP contribution is 2.40. The van der Waals surface area contributed by atoms with E-state index in [1.54, 1.807) is 6.07 Å². The molecule has 3 rings (SSSR count). The molecule has 128 valence electrons. The second-order valence-electron chi connectivity index (χ2n) is 6.87. The summed E-state index contributed by atoms with van der Waals surface area (Å²) in [6.45, 7) is 2.69. The molecule has 2 saturated heterocycles. The second kappa shape index (κ2) is 5.98. The van der Waals surface area contributed by atoms with E-state index in [2.05, 4.69) is 4.90 Å². The monoisotopic (exact) mass is 329 g/mol. The molecule has 2 aliphatic heterocycles.